The van der Waals surface area contributed by atoms with Gasteiger partial charge in [-0.25, -0.2) is 9.67 Å². The van der Waals surface area contributed by atoms with Crippen molar-refractivity contribution in [1.29, 1.82) is 0 Å². The zero-order valence-corrected chi connectivity index (χ0v) is 10.8. The van der Waals surface area contributed by atoms with Crippen LogP contribution in [-0.4, -0.2) is 36.3 Å². The Bertz CT molecular complexity index is 446. The first-order valence-corrected chi connectivity index (χ1v) is 6.17. The molecular formula is C11H19N7. The zero-order valence-electron chi connectivity index (χ0n) is 10.8. The van der Waals surface area contributed by atoms with Crippen LogP contribution in [0.1, 0.15) is 19.7 Å². The molecule has 7 nitrogen and oxygen atoms in total. The molecule has 0 atom stereocenters. The van der Waals surface area contributed by atoms with Crippen molar-refractivity contribution in [2.75, 3.05) is 6.54 Å². The second-order valence-corrected chi connectivity index (χ2v) is 4.60. The molecule has 0 aliphatic carbocycles. The van der Waals surface area contributed by atoms with E-state index < -0.39 is 0 Å². The van der Waals surface area contributed by atoms with Gasteiger partial charge in [0.25, 0.3) is 0 Å². The van der Waals surface area contributed by atoms with Crippen LogP contribution in [0, 0.1) is 5.92 Å². The van der Waals surface area contributed by atoms with Crippen molar-refractivity contribution in [2.24, 2.45) is 5.92 Å². The molecule has 2 aromatic rings. The summed E-state index contributed by atoms with van der Waals surface area (Å²) in [6, 6.07) is 0. The second-order valence-electron chi connectivity index (χ2n) is 4.60. The molecule has 0 aliphatic heterocycles. The third-order valence-electron chi connectivity index (χ3n) is 2.51. The number of hydrogen-bond donors (Lipinski definition) is 1. The lowest BCUT2D eigenvalue weighted by atomic mass is 10.2. The number of hydrogen-bond acceptors (Lipinski definition) is 5. The lowest BCUT2D eigenvalue weighted by Gasteiger charge is -2.09. The monoisotopic (exact) mass is 249 g/mol. The largest absolute Gasteiger partial charge is 0.308 e. The molecule has 18 heavy (non-hydrogen) atoms. The highest BCUT2D eigenvalue weighted by Crippen LogP contribution is 2.00. The van der Waals surface area contributed by atoms with Crippen LogP contribution in [0.4, 0.5) is 0 Å². The summed E-state index contributed by atoms with van der Waals surface area (Å²) < 4.78 is 3.75. The Morgan fingerprint density at radius 1 is 1.39 bits per heavy atom. The summed E-state index contributed by atoms with van der Waals surface area (Å²) in [5.74, 6) is 1.54. The van der Waals surface area contributed by atoms with E-state index in [-0.39, 0.29) is 0 Å². The van der Waals surface area contributed by atoms with Gasteiger partial charge in [-0.3, -0.25) is 4.68 Å². The minimum atomic E-state index is 0.570. The standard InChI is InChI=1S/C11H19N7/c1-10(2)8-18-11(13-9-15-18)7-12-3-5-17-6-4-14-16-17/h4,6,9-10,12H,3,5,7-8H2,1-2H3. The van der Waals surface area contributed by atoms with Gasteiger partial charge < -0.3 is 5.32 Å². The molecule has 0 bridgehead atoms. The summed E-state index contributed by atoms with van der Waals surface area (Å²) in [5, 5.41) is 15.2. The predicted octanol–water partition coefficient (Wildman–Crippen LogP) is 0.315. The maximum absolute atomic E-state index is 4.26. The maximum atomic E-state index is 4.26. The fourth-order valence-electron chi connectivity index (χ4n) is 1.67. The van der Waals surface area contributed by atoms with Crippen LogP contribution in [0.3, 0.4) is 0 Å². The highest BCUT2D eigenvalue weighted by atomic mass is 15.4. The summed E-state index contributed by atoms with van der Waals surface area (Å²) in [6.07, 6.45) is 5.14. The normalized spacial score (nSPS) is 11.3. The summed E-state index contributed by atoms with van der Waals surface area (Å²) in [5.41, 5.74) is 0. The number of aromatic nitrogens is 6. The minimum absolute atomic E-state index is 0.570. The topological polar surface area (TPSA) is 73.5 Å². The second kappa shape index (κ2) is 6.25. The highest BCUT2D eigenvalue weighted by molar-refractivity contribution is 4.84. The van der Waals surface area contributed by atoms with Crippen molar-refractivity contribution in [3.8, 4) is 0 Å². The SMILES string of the molecule is CC(C)Cn1ncnc1CNCCn1ccnn1. The van der Waals surface area contributed by atoms with Gasteiger partial charge in [0, 0.05) is 19.3 Å². The van der Waals surface area contributed by atoms with Crippen molar-refractivity contribution < 1.29 is 0 Å². The Morgan fingerprint density at radius 2 is 2.28 bits per heavy atom. The lowest BCUT2D eigenvalue weighted by molar-refractivity contribution is 0.453. The molecule has 0 radical (unpaired) electrons. The summed E-state index contributed by atoms with van der Waals surface area (Å²) in [7, 11) is 0. The van der Waals surface area contributed by atoms with E-state index in [0.717, 1.165) is 32.0 Å². The van der Waals surface area contributed by atoms with Gasteiger partial charge >= 0.3 is 0 Å². The predicted molar refractivity (Wildman–Crippen MR) is 66.6 cm³/mol. The molecule has 98 valence electrons. The van der Waals surface area contributed by atoms with Crippen LogP contribution in [-0.2, 0) is 19.6 Å². The molecule has 0 saturated carbocycles. The molecule has 2 rings (SSSR count). The van der Waals surface area contributed by atoms with Crippen molar-refractivity contribution in [1.82, 2.24) is 35.1 Å². The van der Waals surface area contributed by atoms with E-state index in [9.17, 15) is 0 Å². The van der Waals surface area contributed by atoms with Crippen LogP contribution < -0.4 is 5.32 Å². The van der Waals surface area contributed by atoms with Gasteiger partial charge in [0.05, 0.1) is 19.3 Å². The Labute approximate surface area is 106 Å². The number of nitrogens with one attached hydrogen (secondary N) is 1. The summed E-state index contributed by atoms with van der Waals surface area (Å²) >= 11 is 0. The third kappa shape index (κ3) is 3.63. The van der Waals surface area contributed by atoms with E-state index in [1.54, 1.807) is 17.2 Å². The molecule has 0 aromatic carbocycles. The minimum Gasteiger partial charge on any atom is -0.308 e. The lowest BCUT2D eigenvalue weighted by Crippen LogP contribution is -2.23. The summed E-state index contributed by atoms with van der Waals surface area (Å²) in [4.78, 5) is 4.26. The van der Waals surface area contributed by atoms with E-state index in [4.69, 9.17) is 0 Å². The molecule has 2 aromatic heterocycles. The molecule has 0 unspecified atom stereocenters. The van der Waals surface area contributed by atoms with E-state index in [2.05, 4.69) is 39.6 Å². The van der Waals surface area contributed by atoms with E-state index >= 15 is 0 Å². The first-order valence-electron chi connectivity index (χ1n) is 6.17. The van der Waals surface area contributed by atoms with Gasteiger partial charge in [0.2, 0.25) is 0 Å². The van der Waals surface area contributed by atoms with Crippen LogP contribution in [0.5, 0.6) is 0 Å². The Morgan fingerprint density at radius 3 is 3.00 bits per heavy atom. The van der Waals surface area contributed by atoms with E-state index in [0.29, 0.717) is 5.92 Å². The molecular weight excluding hydrogens is 230 g/mol. The molecule has 1 N–H and O–H groups in total. The van der Waals surface area contributed by atoms with Gasteiger partial charge in [0.1, 0.15) is 12.2 Å². The average Bonchev–Trinajstić information content (AvgIpc) is 2.95. The van der Waals surface area contributed by atoms with Crippen molar-refractivity contribution >= 4 is 0 Å². The van der Waals surface area contributed by atoms with Gasteiger partial charge in [-0.15, -0.1) is 5.10 Å². The van der Waals surface area contributed by atoms with Gasteiger partial charge in [-0.2, -0.15) is 5.10 Å². The quantitative estimate of drug-likeness (QED) is 0.715. The molecule has 0 spiro atoms. The fourth-order valence-corrected chi connectivity index (χ4v) is 1.67. The summed E-state index contributed by atoms with van der Waals surface area (Å²) in [6.45, 7) is 7.60. The van der Waals surface area contributed by atoms with Crippen LogP contribution >= 0.6 is 0 Å². The Balaban J connectivity index is 1.74. The molecule has 0 fully saturated rings. The third-order valence-corrected chi connectivity index (χ3v) is 2.51. The molecule has 0 amide bonds. The van der Waals surface area contributed by atoms with E-state index in [1.807, 2.05) is 10.9 Å². The van der Waals surface area contributed by atoms with Crippen molar-refractivity contribution in [3.63, 3.8) is 0 Å². The van der Waals surface area contributed by atoms with E-state index in [1.165, 1.54) is 0 Å². The van der Waals surface area contributed by atoms with Crippen LogP contribution in [0.2, 0.25) is 0 Å². The Kier molecular flexibility index (Phi) is 4.40. The fraction of sp³-hybridized carbons (Fsp3) is 0.636. The molecule has 0 aliphatic rings. The number of rotatable bonds is 7. The molecule has 0 saturated heterocycles. The van der Waals surface area contributed by atoms with Crippen LogP contribution in [0.15, 0.2) is 18.7 Å². The van der Waals surface area contributed by atoms with Gasteiger partial charge in [-0.1, -0.05) is 19.1 Å². The Hall–Kier alpha value is -1.76. The van der Waals surface area contributed by atoms with Crippen molar-refractivity contribution in [3.05, 3.63) is 24.5 Å². The smallest absolute Gasteiger partial charge is 0.140 e. The number of nitrogens with zero attached hydrogens (tertiary/aromatic N) is 6. The zero-order chi connectivity index (χ0) is 12.8. The van der Waals surface area contributed by atoms with Crippen molar-refractivity contribution in [2.45, 2.75) is 33.5 Å². The molecule has 7 heteroatoms. The molecule has 2 heterocycles. The van der Waals surface area contributed by atoms with Gasteiger partial charge in [0.15, 0.2) is 0 Å². The van der Waals surface area contributed by atoms with Gasteiger partial charge in [-0.05, 0) is 5.92 Å². The average molecular weight is 249 g/mol. The van der Waals surface area contributed by atoms with Crippen LogP contribution in [0.25, 0.3) is 0 Å². The maximum Gasteiger partial charge on any atom is 0.140 e. The first kappa shape index (κ1) is 12.7. The first-order chi connectivity index (χ1) is 8.75. The highest BCUT2D eigenvalue weighted by Gasteiger charge is 2.05.